The van der Waals surface area contributed by atoms with Crippen LogP contribution < -0.4 is 0 Å². The van der Waals surface area contributed by atoms with Crippen molar-refractivity contribution < 1.29 is 4.42 Å². The summed E-state index contributed by atoms with van der Waals surface area (Å²) >= 11 is 1.74. The minimum Gasteiger partial charge on any atom is -0.461 e. The molecule has 0 aromatic carbocycles. The maximum absolute atomic E-state index is 8.97. The Morgan fingerprint density at radius 1 is 1.50 bits per heavy atom. The van der Waals surface area contributed by atoms with Gasteiger partial charge >= 0.3 is 0 Å². The zero-order chi connectivity index (χ0) is 13.9. The fourth-order valence-electron chi connectivity index (χ4n) is 2.56. The smallest absolute Gasteiger partial charge is 0.200 e. The van der Waals surface area contributed by atoms with Crippen LogP contribution in [-0.2, 0) is 6.54 Å². The molecule has 1 fully saturated rings. The minimum atomic E-state index is 0.204. The van der Waals surface area contributed by atoms with Crippen LogP contribution in [0.15, 0.2) is 28.0 Å². The Labute approximate surface area is 122 Å². The van der Waals surface area contributed by atoms with Crippen molar-refractivity contribution in [3.05, 3.63) is 18.4 Å². The third-order valence-corrected chi connectivity index (χ3v) is 4.89. The van der Waals surface area contributed by atoms with E-state index in [0.29, 0.717) is 5.25 Å². The van der Waals surface area contributed by atoms with E-state index >= 15 is 0 Å². The second-order valence-corrected chi connectivity index (χ2v) is 6.17. The second kappa shape index (κ2) is 5.71. The fourth-order valence-corrected chi connectivity index (χ4v) is 3.87. The Morgan fingerprint density at radius 2 is 2.40 bits per heavy atom. The van der Waals surface area contributed by atoms with E-state index < -0.39 is 0 Å². The molecule has 0 aliphatic heterocycles. The highest BCUT2D eigenvalue weighted by molar-refractivity contribution is 7.99. The van der Waals surface area contributed by atoms with E-state index in [-0.39, 0.29) is 5.92 Å². The molecule has 2 heterocycles. The first kappa shape index (κ1) is 13.3. The number of thioether (sulfide) groups is 1. The lowest BCUT2D eigenvalue weighted by Crippen LogP contribution is -2.03. The van der Waals surface area contributed by atoms with Crippen LogP contribution in [0.5, 0.6) is 0 Å². The molecule has 2 aromatic rings. The molecule has 0 radical (unpaired) electrons. The molecular weight excluding hydrogens is 272 g/mol. The van der Waals surface area contributed by atoms with E-state index in [1.807, 2.05) is 12.1 Å². The highest BCUT2D eigenvalue weighted by Gasteiger charge is 2.27. The third-order valence-electron chi connectivity index (χ3n) is 3.61. The van der Waals surface area contributed by atoms with Gasteiger partial charge in [0.15, 0.2) is 16.7 Å². The summed E-state index contributed by atoms with van der Waals surface area (Å²) < 4.78 is 7.48. The van der Waals surface area contributed by atoms with Gasteiger partial charge in [0, 0.05) is 17.7 Å². The van der Waals surface area contributed by atoms with Crippen LogP contribution in [0, 0.1) is 17.2 Å². The van der Waals surface area contributed by atoms with Crippen LogP contribution in [0.2, 0.25) is 0 Å². The summed E-state index contributed by atoms with van der Waals surface area (Å²) in [6, 6.07) is 6.11. The zero-order valence-corrected chi connectivity index (χ0v) is 12.1. The average Bonchev–Trinajstić information content (AvgIpc) is 3.19. The van der Waals surface area contributed by atoms with Crippen molar-refractivity contribution in [2.24, 2.45) is 5.92 Å². The third kappa shape index (κ3) is 2.46. The predicted octanol–water partition coefficient (Wildman–Crippen LogP) is 3.34. The van der Waals surface area contributed by atoms with Gasteiger partial charge in [-0.25, -0.2) is 0 Å². The summed E-state index contributed by atoms with van der Waals surface area (Å²) in [7, 11) is 0. The normalized spacial score (nSPS) is 22.0. The molecule has 3 rings (SSSR count). The standard InChI is InChI=1S/C14H16N4OS/c1-2-18-13(12-4-3-7-19-12)16-17-14(18)20-11-6-5-10(8-11)9-15/h3-4,7,10-11H,2,5-6,8H2,1H3. The number of aromatic nitrogens is 3. The number of hydrogen-bond donors (Lipinski definition) is 0. The number of furan rings is 1. The Morgan fingerprint density at radius 3 is 3.05 bits per heavy atom. The first-order chi connectivity index (χ1) is 9.81. The SMILES string of the molecule is CCn1c(SC2CCC(C#N)C2)nnc1-c1ccco1. The molecule has 20 heavy (non-hydrogen) atoms. The monoisotopic (exact) mass is 288 g/mol. The number of rotatable bonds is 4. The van der Waals surface area contributed by atoms with Crippen molar-refractivity contribution in [3.8, 4) is 17.7 Å². The van der Waals surface area contributed by atoms with Crippen LogP contribution in [0.3, 0.4) is 0 Å². The topological polar surface area (TPSA) is 67.6 Å². The lowest BCUT2D eigenvalue weighted by molar-refractivity contribution is 0.566. The van der Waals surface area contributed by atoms with Crippen LogP contribution in [0.25, 0.3) is 11.6 Å². The van der Waals surface area contributed by atoms with E-state index in [4.69, 9.17) is 9.68 Å². The number of nitrogens with zero attached hydrogens (tertiary/aromatic N) is 4. The molecule has 1 aliphatic carbocycles. The van der Waals surface area contributed by atoms with Gasteiger partial charge in [0.25, 0.3) is 0 Å². The maximum Gasteiger partial charge on any atom is 0.200 e. The van der Waals surface area contributed by atoms with E-state index in [1.165, 1.54) is 0 Å². The van der Waals surface area contributed by atoms with Crippen molar-refractivity contribution >= 4 is 11.8 Å². The van der Waals surface area contributed by atoms with Gasteiger partial charge in [-0.3, -0.25) is 4.57 Å². The Kier molecular flexibility index (Phi) is 3.79. The van der Waals surface area contributed by atoms with Gasteiger partial charge in [0.2, 0.25) is 0 Å². The van der Waals surface area contributed by atoms with E-state index in [0.717, 1.165) is 42.5 Å². The van der Waals surface area contributed by atoms with E-state index in [9.17, 15) is 0 Å². The number of hydrogen-bond acceptors (Lipinski definition) is 5. The molecule has 0 N–H and O–H groups in total. The lowest BCUT2D eigenvalue weighted by Gasteiger charge is -2.09. The molecule has 1 saturated carbocycles. The first-order valence-electron chi connectivity index (χ1n) is 6.85. The van der Waals surface area contributed by atoms with Crippen molar-refractivity contribution in [1.82, 2.24) is 14.8 Å². The van der Waals surface area contributed by atoms with Crippen molar-refractivity contribution in [1.29, 1.82) is 5.26 Å². The molecule has 1 aliphatic rings. The Bertz CT molecular complexity index is 614. The summed E-state index contributed by atoms with van der Waals surface area (Å²) in [5, 5.41) is 18.9. The highest BCUT2D eigenvalue weighted by Crippen LogP contribution is 2.37. The second-order valence-electron chi connectivity index (χ2n) is 4.91. The molecule has 5 nitrogen and oxygen atoms in total. The lowest BCUT2D eigenvalue weighted by atomic mass is 10.1. The molecule has 2 aromatic heterocycles. The minimum absolute atomic E-state index is 0.204. The quantitative estimate of drug-likeness (QED) is 0.863. The summed E-state index contributed by atoms with van der Waals surface area (Å²) in [5.41, 5.74) is 0. The first-order valence-corrected chi connectivity index (χ1v) is 7.73. The summed E-state index contributed by atoms with van der Waals surface area (Å²) in [4.78, 5) is 0. The van der Waals surface area contributed by atoms with Crippen molar-refractivity contribution in [3.63, 3.8) is 0 Å². The molecule has 104 valence electrons. The largest absolute Gasteiger partial charge is 0.461 e. The van der Waals surface area contributed by atoms with Gasteiger partial charge in [-0.05, 0) is 38.3 Å². The Balaban J connectivity index is 1.79. The summed E-state index contributed by atoms with van der Waals surface area (Å²) in [6.45, 7) is 2.88. The van der Waals surface area contributed by atoms with Crippen LogP contribution in [0.1, 0.15) is 26.2 Å². The van der Waals surface area contributed by atoms with E-state index in [2.05, 4.69) is 27.8 Å². The number of nitriles is 1. The summed E-state index contributed by atoms with van der Waals surface area (Å²) in [5.74, 6) is 1.72. The molecule has 0 spiro atoms. The molecular formula is C14H16N4OS. The van der Waals surface area contributed by atoms with Crippen LogP contribution >= 0.6 is 11.8 Å². The predicted molar refractivity (Wildman–Crippen MR) is 76.0 cm³/mol. The van der Waals surface area contributed by atoms with Gasteiger partial charge in [-0.2, -0.15) is 5.26 Å². The molecule has 6 heteroatoms. The van der Waals surface area contributed by atoms with Crippen LogP contribution in [0.4, 0.5) is 0 Å². The van der Waals surface area contributed by atoms with Gasteiger partial charge in [-0.15, -0.1) is 10.2 Å². The maximum atomic E-state index is 8.97. The zero-order valence-electron chi connectivity index (χ0n) is 11.3. The molecule has 0 saturated heterocycles. The molecule has 2 unspecified atom stereocenters. The Hall–Kier alpha value is -1.74. The molecule has 0 bridgehead atoms. The van der Waals surface area contributed by atoms with E-state index in [1.54, 1.807) is 18.0 Å². The van der Waals surface area contributed by atoms with Gasteiger partial charge in [0.1, 0.15) is 0 Å². The van der Waals surface area contributed by atoms with Gasteiger partial charge in [0.05, 0.1) is 12.3 Å². The van der Waals surface area contributed by atoms with Crippen molar-refractivity contribution in [2.45, 2.75) is 43.1 Å². The fraction of sp³-hybridized carbons (Fsp3) is 0.500. The van der Waals surface area contributed by atoms with Crippen molar-refractivity contribution in [2.75, 3.05) is 0 Å². The van der Waals surface area contributed by atoms with Gasteiger partial charge in [-0.1, -0.05) is 11.8 Å². The van der Waals surface area contributed by atoms with Crippen LogP contribution in [-0.4, -0.2) is 20.0 Å². The average molecular weight is 288 g/mol. The van der Waals surface area contributed by atoms with Gasteiger partial charge < -0.3 is 4.42 Å². The summed E-state index contributed by atoms with van der Waals surface area (Å²) in [6.07, 6.45) is 4.67. The molecule has 0 amide bonds. The molecule has 2 atom stereocenters. The highest BCUT2D eigenvalue weighted by atomic mass is 32.2.